The van der Waals surface area contributed by atoms with Gasteiger partial charge >= 0.3 is 0 Å². The van der Waals surface area contributed by atoms with Crippen LogP contribution in [0, 0.1) is 0 Å². The van der Waals surface area contributed by atoms with E-state index in [0.717, 1.165) is 60.6 Å². The molecule has 3 aromatic rings. The van der Waals surface area contributed by atoms with Crippen molar-refractivity contribution in [1.29, 1.82) is 0 Å². The van der Waals surface area contributed by atoms with Gasteiger partial charge in [0.2, 0.25) is 5.75 Å². The van der Waals surface area contributed by atoms with Crippen molar-refractivity contribution in [3.63, 3.8) is 0 Å². The fraction of sp³-hybridized carbons (Fsp3) is 0.375. The van der Waals surface area contributed by atoms with Crippen LogP contribution in [0.25, 0.3) is 10.9 Å². The zero-order chi connectivity index (χ0) is 21.6. The smallest absolute Gasteiger partial charge is 0.203 e. The largest absolute Gasteiger partial charge is 0.493 e. The van der Waals surface area contributed by atoms with Crippen molar-refractivity contribution in [2.24, 2.45) is 0 Å². The van der Waals surface area contributed by atoms with Gasteiger partial charge in [-0.25, -0.2) is 0 Å². The van der Waals surface area contributed by atoms with Crippen molar-refractivity contribution < 1.29 is 23.7 Å². The lowest BCUT2D eigenvalue weighted by atomic mass is 10.1. The number of hydrogen-bond donors (Lipinski definition) is 0. The first-order valence-corrected chi connectivity index (χ1v) is 10.3. The predicted octanol–water partition coefficient (Wildman–Crippen LogP) is 3.67. The number of morpholine rings is 1. The SMILES string of the molecule is COc1cc(COc2cc3cccnc3cc2CN2CCOCC2)cc(OC)c1OC. The van der Waals surface area contributed by atoms with Gasteiger partial charge in [-0.2, -0.15) is 0 Å². The molecule has 1 aromatic heterocycles. The highest BCUT2D eigenvalue weighted by molar-refractivity contribution is 5.81. The molecular weight excluding hydrogens is 396 g/mol. The molecule has 2 aromatic carbocycles. The average molecular weight is 424 g/mol. The summed E-state index contributed by atoms with van der Waals surface area (Å²) in [7, 11) is 4.81. The Hall–Kier alpha value is -3.03. The molecule has 1 fully saturated rings. The molecule has 7 heteroatoms. The molecule has 0 bridgehead atoms. The third-order valence-corrected chi connectivity index (χ3v) is 5.40. The van der Waals surface area contributed by atoms with Crippen molar-refractivity contribution in [3.8, 4) is 23.0 Å². The number of ether oxygens (including phenoxy) is 5. The van der Waals surface area contributed by atoms with Crippen molar-refractivity contribution in [1.82, 2.24) is 9.88 Å². The lowest BCUT2D eigenvalue weighted by molar-refractivity contribution is 0.0338. The minimum Gasteiger partial charge on any atom is -0.493 e. The predicted molar refractivity (Wildman–Crippen MR) is 118 cm³/mol. The Labute approximate surface area is 182 Å². The third-order valence-electron chi connectivity index (χ3n) is 5.40. The number of pyridine rings is 1. The summed E-state index contributed by atoms with van der Waals surface area (Å²) in [6.45, 7) is 4.50. The quantitative estimate of drug-likeness (QED) is 0.547. The molecular formula is C24H28N2O5. The summed E-state index contributed by atoms with van der Waals surface area (Å²) in [6, 6.07) is 12.0. The van der Waals surface area contributed by atoms with E-state index in [0.29, 0.717) is 23.9 Å². The van der Waals surface area contributed by atoms with Gasteiger partial charge in [-0.05, 0) is 35.9 Å². The van der Waals surface area contributed by atoms with Crippen LogP contribution in [0.5, 0.6) is 23.0 Å². The highest BCUT2D eigenvalue weighted by Gasteiger charge is 2.17. The van der Waals surface area contributed by atoms with Crippen molar-refractivity contribution in [3.05, 3.63) is 53.7 Å². The molecule has 4 rings (SSSR count). The Morgan fingerprint density at radius 1 is 0.935 bits per heavy atom. The number of fused-ring (bicyclic) bond motifs is 1. The van der Waals surface area contributed by atoms with E-state index in [-0.39, 0.29) is 0 Å². The molecule has 0 atom stereocenters. The van der Waals surface area contributed by atoms with Crippen molar-refractivity contribution >= 4 is 10.9 Å². The molecule has 1 saturated heterocycles. The van der Waals surface area contributed by atoms with E-state index in [1.165, 1.54) is 0 Å². The molecule has 1 aliphatic rings. The Kier molecular flexibility index (Phi) is 6.74. The van der Waals surface area contributed by atoms with Gasteiger partial charge in [-0.1, -0.05) is 6.07 Å². The van der Waals surface area contributed by atoms with Crippen LogP contribution in [0.4, 0.5) is 0 Å². The van der Waals surface area contributed by atoms with Crippen LogP contribution in [0.2, 0.25) is 0 Å². The molecule has 31 heavy (non-hydrogen) atoms. The normalized spacial score (nSPS) is 14.4. The highest BCUT2D eigenvalue weighted by atomic mass is 16.5. The molecule has 164 valence electrons. The van der Waals surface area contributed by atoms with E-state index in [2.05, 4.69) is 22.0 Å². The van der Waals surface area contributed by atoms with Crippen LogP contribution < -0.4 is 18.9 Å². The van der Waals surface area contributed by atoms with Gasteiger partial charge in [0.15, 0.2) is 11.5 Å². The molecule has 0 spiro atoms. The zero-order valence-corrected chi connectivity index (χ0v) is 18.2. The fourth-order valence-corrected chi connectivity index (χ4v) is 3.78. The Morgan fingerprint density at radius 2 is 1.68 bits per heavy atom. The molecule has 0 unspecified atom stereocenters. The zero-order valence-electron chi connectivity index (χ0n) is 18.2. The van der Waals surface area contributed by atoms with Crippen LogP contribution in [0.3, 0.4) is 0 Å². The summed E-state index contributed by atoms with van der Waals surface area (Å²) >= 11 is 0. The van der Waals surface area contributed by atoms with E-state index < -0.39 is 0 Å². The molecule has 2 heterocycles. The second-order valence-corrected chi connectivity index (χ2v) is 7.37. The van der Waals surface area contributed by atoms with E-state index >= 15 is 0 Å². The molecule has 0 N–H and O–H groups in total. The highest BCUT2D eigenvalue weighted by Crippen LogP contribution is 2.38. The minimum atomic E-state index is 0.374. The number of rotatable bonds is 8. The molecule has 0 saturated carbocycles. The second-order valence-electron chi connectivity index (χ2n) is 7.37. The molecule has 7 nitrogen and oxygen atoms in total. The Bertz CT molecular complexity index is 1010. The van der Waals surface area contributed by atoms with E-state index in [1.807, 2.05) is 30.5 Å². The van der Waals surface area contributed by atoms with Crippen LogP contribution >= 0.6 is 0 Å². The number of nitrogens with zero attached hydrogens (tertiary/aromatic N) is 2. The number of methoxy groups -OCH3 is 3. The van der Waals surface area contributed by atoms with Crippen molar-refractivity contribution in [2.75, 3.05) is 47.6 Å². The monoisotopic (exact) mass is 424 g/mol. The summed E-state index contributed by atoms with van der Waals surface area (Å²) in [4.78, 5) is 6.89. The van der Waals surface area contributed by atoms with Crippen LogP contribution in [-0.4, -0.2) is 57.5 Å². The first-order valence-electron chi connectivity index (χ1n) is 10.3. The van der Waals surface area contributed by atoms with Gasteiger partial charge in [0, 0.05) is 36.8 Å². The topological polar surface area (TPSA) is 62.3 Å². The van der Waals surface area contributed by atoms with E-state index in [1.54, 1.807) is 21.3 Å². The second kappa shape index (κ2) is 9.85. The number of aromatic nitrogens is 1. The average Bonchev–Trinajstić information content (AvgIpc) is 2.82. The maximum Gasteiger partial charge on any atom is 0.203 e. The lowest BCUT2D eigenvalue weighted by Crippen LogP contribution is -2.35. The van der Waals surface area contributed by atoms with Crippen LogP contribution in [0.1, 0.15) is 11.1 Å². The van der Waals surface area contributed by atoms with Gasteiger partial charge in [0.05, 0.1) is 40.1 Å². The summed E-state index contributed by atoms with van der Waals surface area (Å²) in [5.74, 6) is 2.63. The van der Waals surface area contributed by atoms with Gasteiger partial charge in [0.25, 0.3) is 0 Å². The number of hydrogen-bond acceptors (Lipinski definition) is 7. The van der Waals surface area contributed by atoms with Gasteiger partial charge in [0.1, 0.15) is 12.4 Å². The summed E-state index contributed by atoms with van der Waals surface area (Å²) < 4.78 is 28.1. The Balaban J connectivity index is 1.61. The molecule has 1 aliphatic heterocycles. The molecule has 0 radical (unpaired) electrons. The van der Waals surface area contributed by atoms with Gasteiger partial charge < -0.3 is 23.7 Å². The maximum atomic E-state index is 6.31. The van der Waals surface area contributed by atoms with E-state index in [4.69, 9.17) is 23.7 Å². The fourth-order valence-electron chi connectivity index (χ4n) is 3.78. The van der Waals surface area contributed by atoms with Gasteiger partial charge in [-0.3, -0.25) is 9.88 Å². The lowest BCUT2D eigenvalue weighted by Gasteiger charge is -2.27. The van der Waals surface area contributed by atoms with Crippen LogP contribution in [-0.2, 0) is 17.9 Å². The first kappa shape index (κ1) is 21.2. The summed E-state index contributed by atoms with van der Waals surface area (Å²) in [5.41, 5.74) is 3.00. The number of benzene rings is 2. The van der Waals surface area contributed by atoms with Crippen LogP contribution in [0.15, 0.2) is 42.6 Å². The molecule has 0 amide bonds. The first-order chi connectivity index (χ1) is 15.2. The summed E-state index contributed by atoms with van der Waals surface area (Å²) in [5, 5.41) is 1.05. The minimum absolute atomic E-state index is 0.374. The van der Waals surface area contributed by atoms with E-state index in [9.17, 15) is 0 Å². The third kappa shape index (κ3) is 4.84. The maximum absolute atomic E-state index is 6.31. The summed E-state index contributed by atoms with van der Waals surface area (Å²) in [6.07, 6.45) is 1.82. The Morgan fingerprint density at radius 3 is 2.35 bits per heavy atom. The van der Waals surface area contributed by atoms with Gasteiger partial charge in [-0.15, -0.1) is 0 Å². The van der Waals surface area contributed by atoms with Crippen molar-refractivity contribution in [2.45, 2.75) is 13.2 Å². The standard InChI is InChI=1S/C24H28N2O5/c1-27-22-11-17(12-23(28-2)24(22)29-3)16-31-21-14-18-5-4-6-25-20(18)13-19(21)15-26-7-9-30-10-8-26/h4-6,11-14H,7-10,15-16H2,1-3H3. The molecule has 0 aliphatic carbocycles.